The molecule has 3 aromatic rings. The lowest BCUT2D eigenvalue weighted by Crippen LogP contribution is -2.14. The summed E-state index contributed by atoms with van der Waals surface area (Å²) in [5.41, 5.74) is 3.98. The van der Waals surface area contributed by atoms with Crippen LogP contribution in [0.4, 0.5) is 5.69 Å². The highest BCUT2D eigenvalue weighted by Crippen LogP contribution is 2.24. The van der Waals surface area contributed by atoms with Crippen molar-refractivity contribution < 1.29 is 9.90 Å². The summed E-state index contributed by atoms with van der Waals surface area (Å²) in [7, 11) is 1.85. The molecule has 0 fully saturated rings. The molecule has 0 saturated carbocycles. The van der Waals surface area contributed by atoms with E-state index in [1.165, 1.54) is 17.3 Å². The SMILES string of the molecule is Cc1ccc(NC(=O)CSc2nnc(-c3ccc(O)cc3)n2C)cc1C. The van der Waals surface area contributed by atoms with Crippen LogP contribution in [0.25, 0.3) is 11.4 Å². The van der Waals surface area contributed by atoms with Gasteiger partial charge in [0.2, 0.25) is 5.91 Å². The van der Waals surface area contributed by atoms with Gasteiger partial charge in [0.25, 0.3) is 0 Å². The van der Waals surface area contributed by atoms with Crippen molar-refractivity contribution in [3.63, 3.8) is 0 Å². The number of hydrogen-bond acceptors (Lipinski definition) is 5. The number of carbonyl (C=O) groups is 1. The van der Waals surface area contributed by atoms with Crippen molar-refractivity contribution >= 4 is 23.4 Å². The third-order valence-corrected chi connectivity index (χ3v) is 5.10. The van der Waals surface area contributed by atoms with Gasteiger partial charge in [-0.05, 0) is 61.4 Å². The summed E-state index contributed by atoms with van der Waals surface area (Å²) in [6.45, 7) is 4.06. The Morgan fingerprint density at radius 1 is 1.12 bits per heavy atom. The minimum absolute atomic E-state index is 0.0903. The van der Waals surface area contributed by atoms with Gasteiger partial charge in [0.1, 0.15) is 5.75 Å². The van der Waals surface area contributed by atoms with E-state index >= 15 is 0 Å². The molecule has 0 spiro atoms. The van der Waals surface area contributed by atoms with E-state index in [9.17, 15) is 9.90 Å². The molecule has 26 heavy (non-hydrogen) atoms. The normalized spacial score (nSPS) is 10.7. The van der Waals surface area contributed by atoms with Crippen LogP contribution in [0.15, 0.2) is 47.6 Å². The molecule has 0 bridgehead atoms. The van der Waals surface area contributed by atoms with E-state index in [-0.39, 0.29) is 17.4 Å². The largest absolute Gasteiger partial charge is 0.508 e. The first kappa shape index (κ1) is 18.0. The highest BCUT2D eigenvalue weighted by atomic mass is 32.2. The van der Waals surface area contributed by atoms with Crippen molar-refractivity contribution in [1.29, 1.82) is 0 Å². The lowest BCUT2D eigenvalue weighted by Gasteiger charge is -2.08. The maximum absolute atomic E-state index is 12.2. The Labute approximate surface area is 156 Å². The van der Waals surface area contributed by atoms with Crippen molar-refractivity contribution in [3.8, 4) is 17.1 Å². The maximum atomic E-state index is 12.2. The van der Waals surface area contributed by atoms with Gasteiger partial charge in [-0.2, -0.15) is 0 Å². The molecule has 1 aromatic heterocycles. The number of carbonyl (C=O) groups excluding carboxylic acids is 1. The van der Waals surface area contributed by atoms with Gasteiger partial charge in [-0.25, -0.2) is 0 Å². The molecule has 1 amide bonds. The second-order valence-corrected chi connectivity index (χ2v) is 6.99. The minimum Gasteiger partial charge on any atom is -0.508 e. The average molecular weight is 368 g/mol. The van der Waals surface area contributed by atoms with Gasteiger partial charge in [-0.15, -0.1) is 10.2 Å². The highest BCUT2D eigenvalue weighted by Gasteiger charge is 2.13. The molecule has 2 aromatic carbocycles. The minimum atomic E-state index is -0.0903. The van der Waals surface area contributed by atoms with Crippen LogP contribution in [0.5, 0.6) is 5.75 Å². The fraction of sp³-hybridized carbons (Fsp3) is 0.211. The predicted molar refractivity (Wildman–Crippen MR) is 103 cm³/mol. The monoisotopic (exact) mass is 368 g/mol. The van der Waals surface area contributed by atoms with E-state index in [1.54, 1.807) is 24.3 Å². The number of aromatic hydroxyl groups is 1. The van der Waals surface area contributed by atoms with Gasteiger partial charge in [0.05, 0.1) is 5.75 Å². The van der Waals surface area contributed by atoms with Gasteiger partial charge in [0, 0.05) is 18.3 Å². The van der Waals surface area contributed by atoms with Gasteiger partial charge in [0.15, 0.2) is 11.0 Å². The van der Waals surface area contributed by atoms with Gasteiger partial charge in [-0.3, -0.25) is 4.79 Å². The number of anilines is 1. The topological polar surface area (TPSA) is 80.0 Å². The van der Waals surface area contributed by atoms with Crippen LogP contribution >= 0.6 is 11.8 Å². The number of benzene rings is 2. The number of aryl methyl sites for hydroxylation is 2. The van der Waals surface area contributed by atoms with Crippen LogP contribution in [-0.4, -0.2) is 31.5 Å². The van der Waals surface area contributed by atoms with E-state index < -0.39 is 0 Å². The zero-order valence-electron chi connectivity index (χ0n) is 14.9. The zero-order chi connectivity index (χ0) is 18.7. The molecule has 134 valence electrons. The predicted octanol–water partition coefficient (Wildman–Crippen LogP) is 3.54. The number of rotatable bonds is 5. The number of hydrogen-bond donors (Lipinski definition) is 2. The summed E-state index contributed by atoms with van der Waals surface area (Å²) in [5, 5.41) is 21.3. The molecule has 0 saturated heterocycles. The summed E-state index contributed by atoms with van der Waals surface area (Å²) in [6.07, 6.45) is 0. The smallest absolute Gasteiger partial charge is 0.234 e. The Kier molecular flexibility index (Phi) is 5.27. The van der Waals surface area contributed by atoms with E-state index in [0.29, 0.717) is 11.0 Å². The molecule has 6 nitrogen and oxygen atoms in total. The lowest BCUT2D eigenvalue weighted by atomic mass is 10.1. The molecule has 0 aliphatic carbocycles. The van der Waals surface area contributed by atoms with Gasteiger partial charge in [-0.1, -0.05) is 17.8 Å². The average Bonchev–Trinajstić information content (AvgIpc) is 2.98. The van der Waals surface area contributed by atoms with Crippen LogP contribution in [0.3, 0.4) is 0 Å². The Morgan fingerprint density at radius 2 is 1.85 bits per heavy atom. The summed E-state index contributed by atoms with van der Waals surface area (Å²) in [4.78, 5) is 12.2. The Hall–Kier alpha value is -2.80. The molecule has 2 N–H and O–H groups in total. The maximum Gasteiger partial charge on any atom is 0.234 e. The quantitative estimate of drug-likeness (QED) is 0.674. The molecule has 0 aliphatic heterocycles. The number of phenolic OH excluding ortho intramolecular Hbond substituents is 1. The van der Waals surface area contributed by atoms with E-state index in [2.05, 4.69) is 15.5 Å². The Balaban J connectivity index is 1.63. The van der Waals surface area contributed by atoms with Crippen molar-refractivity contribution in [3.05, 3.63) is 53.6 Å². The molecule has 7 heteroatoms. The second kappa shape index (κ2) is 7.61. The lowest BCUT2D eigenvalue weighted by molar-refractivity contribution is -0.113. The third-order valence-electron chi connectivity index (χ3n) is 4.08. The van der Waals surface area contributed by atoms with Gasteiger partial charge >= 0.3 is 0 Å². The second-order valence-electron chi connectivity index (χ2n) is 6.05. The van der Waals surface area contributed by atoms with E-state index in [0.717, 1.165) is 16.8 Å². The Bertz CT molecular complexity index is 935. The molecule has 0 aliphatic rings. The standard InChI is InChI=1S/C19H20N4O2S/c1-12-4-7-15(10-13(12)2)20-17(25)11-26-19-22-21-18(23(19)3)14-5-8-16(24)9-6-14/h4-10,24H,11H2,1-3H3,(H,20,25). The van der Waals surface area contributed by atoms with Crippen molar-refractivity contribution in [2.45, 2.75) is 19.0 Å². The summed E-state index contributed by atoms with van der Waals surface area (Å²) < 4.78 is 1.83. The van der Waals surface area contributed by atoms with Crippen LogP contribution in [-0.2, 0) is 11.8 Å². The Morgan fingerprint density at radius 3 is 2.54 bits per heavy atom. The van der Waals surface area contributed by atoms with Crippen LogP contribution in [0.1, 0.15) is 11.1 Å². The fourth-order valence-electron chi connectivity index (χ4n) is 2.45. The first-order chi connectivity index (χ1) is 12.4. The molecule has 0 unspecified atom stereocenters. The van der Waals surface area contributed by atoms with Crippen LogP contribution in [0, 0.1) is 13.8 Å². The van der Waals surface area contributed by atoms with E-state index in [1.807, 2.05) is 43.7 Å². The van der Waals surface area contributed by atoms with E-state index in [4.69, 9.17) is 0 Å². The van der Waals surface area contributed by atoms with Crippen LogP contribution in [0.2, 0.25) is 0 Å². The number of nitrogens with zero attached hydrogens (tertiary/aromatic N) is 3. The third kappa shape index (κ3) is 4.05. The number of thioether (sulfide) groups is 1. The fourth-order valence-corrected chi connectivity index (χ4v) is 3.16. The number of nitrogens with one attached hydrogen (secondary N) is 1. The van der Waals surface area contributed by atoms with Gasteiger partial charge < -0.3 is 15.0 Å². The summed E-state index contributed by atoms with van der Waals surface area (Å²) in [5.74, 6) is 1.04. The molecule has 0 atom stereocenters. The highest BCUT2D eigenvalue weighted by molar-refractivity contribution is 7.99. The first-order valence-corrected chi connectivity index (χ1v) is 9.11. The number of phenols is 1. The molecule has 3 rings (SSSR count). The number of amides is 1. The molecule has 0 radical (unpaired) electrons. The van der Waals surface area contributed by atoms with Crippen molar-refractivity contribution in [1.82, 2.24) is 14.8 Å². The summed E-state index contributed by atoms with van der Waals surface area (Å²) in [6, 6.07) is 12.6. The zero-order valence-corrected chi connectivity index (χ0v) is 15.7. The van der Waals surface area contributed by atoms with Crippen molar-refractivity contribution in [2.24, 2.45) is 7.05 Å². The molecular formula is C19H20N4O2S. The number of aromatic nitrogens is 3. The molecular weight excluding hydrogens is 348 g/mol. The van der Waals surface area contributed by atoms with Crippen LogP contribution < -0.4 is 5.32 Å². The molecule has 1 heterocycles. The summed E-state index contributed by atoms with van der Waals surface area (Å²) >= 11 is 1.33. The first-order valence-electron chi connectivity index (χ1n) is 8.13. The van der Waals surface area contributed by atoms with Crippen molar-refractivity contribution in [2.75, 3.05) is 11.1 Å².